The van der Waals surface area contributed by atoms with Crippen molar-refractivity contribution in [1.82, 2.24) is 4.98 Å². The molecule has 1 aromatic heterocycles. The third-order valence-corrected chi connectivity index (χ3v) is 3.14. The van der Waals surface area contributed by atoms with Crippen molar-refractivity contribution in [3.63, 3.8) is 0 Å². The molecule has 3 N–H and O–H groups in total. The Morgan fingerprint density at radius 3 is 2.29 bits per heavy atom. The Hall–Kier alpha value is -3.19. The van der Waals surface area contributed by atoms with Gasteiger partial charge >= 0.3 is 0 Å². The fraction of sp³-hybridized carbons (Fsp3) is 0. The summed E-state index contributed by atoms with van der Waals surface area (Å²) in [6.45, 7) is 0. The molecule has 2 aromatic carbocycles. The van der Waals surface area contributed by atoms with Crippen LogP contribution in [-0.2, 0) is 0 Å². The summed E-state index contributed by atoms with van der Waals surface area (Å²) in [6, 6.07) is 19.2. The molecule has 4 nitrogen and oxygen atoms in total. The number of rotatable bonds is 3. The number of para-hydroxylation sites is 1. The van der Waals surface area contributed by atoms with Crippen LogP contribution in [0.5, 0.6) is 11.5 Å². The van der Waals surface area contributed by atoms with Crippen molar-refractivity contribution in [3.05, 3.63) is 66.4 Å². The summed E-state index contributed by atoms with van der Waals surface area (Å²) in [6.07, 6.45) is 1.63. The minimum atomic E-state index is 0.456. The first-order chi connectivity index (χ1) is 10.3. The Morgan fingerprint density at radius 1 is 0.952 bits per heavy atom. The Labute approximate surface area is 122 Å². The van der Waals surface area contributed by atoms with Crippen LogP contribution in [0.1, 0.15) is 5.56 Å². The van der Waals surface area contributed by atoms with Crippen LogP contribution in [0.15, 0.2) is 60.8 Å². The largest absolute Gasteiger partial charge is 0.457 e. The van der Waals surface area contributed by atoms with E-state index in [-0.39, 0.29) is 0 Å². The van der Waals surface area contributed by atoms with Crippen molar-refractivity contribution in [2.45, 2.75) is 0 Å². The number of nitrogens with zero attached hydrogens (tertiary/aromatic N) is 1. The first-order valence-electron chi connectivity index (χ1n) is 6.48. The summed E-state index contributed by atoms with van der Waals surface area (Å²) in [5.74, 6) is 1.52. The average molecular weight is 275 g/mol. The predicted molar refractivity (Wildman–Crippen MR) is 81.9 cm³/mol. The third kappa shape index (κ3) is 2.58. The van der Waals surface area contributed by atoms with Gasteiger partial charge in [-0.05, 0) is 42.0 Å². The van der Waals surface area contributed by atoms with Crippen LogP contribution in [-0.4, -0.2) is 4.98 Å². The second kappa shape index (κ2) is 5.43. The fourth-order valence-corrected chi connectivity index (χ4v) is 2.10. The molecule has 0 aliphatic heterocycles. The molecule has 0 saturated carbocycles. The van der Waals surface area contributed by atoms with Gasteiger partial charge in [-0.1, -0.05) is 18.2 Å². The lowest BCUT2D eigenvalue weighted by Crippen LogP contribution is -1.87. The fourth-order valence-electron chi connectivity index (χ4n) is 2.10. The molecule has 0 bridgehead atoms. The van der Waals surface area contributed by atoms with E-state index in [4.69, 9.17) is 15.7 Å². The summed E-state index contributed by atoms with van der Waals surface area (Å²) in [5, 5.41) is 9.12. The smallest absolute Gasteiger partial charge is 0.127 e. The van der Waals surface area contributed by atoms with Gasteiger partial charge < -0.3 is 15.5 Å². The summed E-state index contributed by atoms with van der Waals surface area (Å²) in [7, 11) is 0. The number of H-pyrrole nitrogens is 1. The highest BCUT2D eigenvalue weighted by atomic mass is 16.5. The van der Waals surface area contributed by atoms with Gasteiger partial charge in [0.1, 0.15) is 23.1 Å². The van der Waals surface area contributed by atoms with Crippen molar-refractivity contribution in [3.8, 4) is 28.8 Å². The molecular weight excluding hydrogens is 262 g/mol. The van der Waals surface area contributed by atoms with Crippen molar-refractivity contribution in [1.29, 1.82) is 5.26 Å². The first-order valence-corrected chi connectivity index (χ1v) is 6.48. The van der Waals surface area contributed by atoms with Crippen LogP contribution in [0.25, 0.3) is 11.3 Å². The number of nitriles is 1. The molecule has 0 spiro atoms. The SMILES string of the molecule is N#Cc1c(N)c[nH]c1-c1ccc(Oc2ccccc2)cc1. The van der Waals surface area contributed by atoms with E-state index in [9.17, 15) is 0 Å². The second-order valence-electron chi connectivity index (χ2n) is 4.55. The molecule has 0 atom stereocenters. The van der Waals surface area contributed by atoms with Crippen LogP contribution in [0.4, 0.5) is 5.69 Å². The predicted octanol–water partition coefficient (Wildman–Crippen LogP) is 3.93. The van der Waals surface area contributed by atoms with E-state index in [1.54, 1.807) is 6.20 Å². The van der Waals surface area contributed by atoms with Gasteiger partial charge in [-0.3, -0.25) is 0 Å². The summed E-state index contributed by atoms with van der Waals surface area (Å²) in [5.41, 5.74) is 8.28. The topological polar surface area (TPSA) is 74.8 Å². The molecule has 1 heterocycles. The van der Waals surface area contributed by atoms with Crippen molar-refractivity contribution < 1.29 is 4.74 Å². The molecule has 3 rings (SSSR count). The van der Waals surface area contributed by atoms with Crippen LogP contribution < -0.4 is 10.5 Å². The number of nitrogen functional groups attached to an aromatic ring is 1. The van der Waals surface area contributed by atoms with Gasteiger partial charge in [0, 0.05) is 6.20 Å². The molecule has 4 heteroatoms. The number of ether oxygens (including phenoxy) is 1. The number of aromatic nitrogens is 1. The number of nitrogens with two attached hydrogens (primary N) is 1. The van der Waals surface area contributed by atoms with Crippen molar-refractivity contribution in [2.24, 2.45) is 0 Å². The second-order valence-corrected chi connectivity index (χ2v) is 4.55. The van der Waals surface area contributed by atoms with E-state index in [1.807, 2.05) is 54.6 Å². The zero-order valence-corrected chi connectivity index (χ0v) is 11.2. The summed E-state index contributed by atoms with van der Waals surface area (Å²) < 4.78 is 5.73. The van der Waals surface area contributed by atoms with E-state index in [0.717, 1.165) is 22.8 Å². The van der Waals surface area contributed by atoms with Gasteiger partial charge in [0.25, 0.3) is 0 Å². The highest BCUT2D eigenvalue weighted by Gasteiger charge is 2.10. The third-order valence-electron chi connectivity index (χ3n) is 3.14. The normalized spacial score (nSPS) is 10.0. The lowest BCUT2D eigenvalue weighted by atomic mass is 10.1. The minimum Gasteiger partial charge on any atom is -0.457 e. The first kappa shape index (κ1) is 12.8. The maximum Gasteiger partial charge on any atom is 0.127 e. The molecule has 0 fully saturated rings. The molecule has 0 radical (unpaired) electrons. The van der Waals surface area contributed by atoms with E-state index in [1.165, 1.54) is 0 Å². The van der Waals surface area contributed by atoms with Crippen LogP contribution in [0.2, 0.25) is 0 Å². The molecule has 0 amide bonds. The molecule has 0 aliphatic carbocycles. The minimum absolute atomic E-state index is 0.456. The summed E-state index contributed by atoms with van der Waals surface area (Å²) in [4.78, 5) is 3.02. The van der Waals surface area contributed by atoms with E-state index in [2.05, 4.69) is 11.1 Å². The maximum absolute atomic E-state index is 9.12. The van der Waals surface area contributed by atoms with E-state index >= 15 is 0 Å². The monoisotopic (exact) mass is 275 g/mol. The molecular formula is C17H13N3O. The Morgan fingerprint density at radius 2 is 1.62 bits per heavy atom. The van der Waals surface area contributed by atoms with Gasteiger partial charge in [-0.2, -0.15) is 5.26 Å². The van der Waals surface area contributed by atoms with Gasteiger partial charge in [0.2, 0.25) is 0 Å². The molecule has 3 aromatic rings. The Bertz CT molecular complexity index is 783. The Balaban J connectivity index is 1.86. The van der Waals surface area contributed by atoms with E-state index < -0.39 is 0 Å². The van der Waals surface area contributed by atoms with Gasteiger partial charge in [0.15, 0.2) is 0 Å². The molecule has 21 heavy (non-hydrogen) atoms. The number of benzene rings is 2. The highest BCUT2D eigenvalue weighted by molar-refractivity contribution is 5.74. The zero-order chi connectivity index (χ0) is 14.7. The number of anilines is 1. The lowest BCUT2D eigenvalue weighted by molar-refractivity contribution is 0.483. The maximum atomic E-state index is 9.12. The molecule has 102 valence electrons. The van der Waals surface area contributed by atoms with Gasteiger partial charge in [0.05, 0.1) is 11.4 Å². The molecule has 0 saturated heterocycles. The van der Waals surface area contributed by atoms with Crippen LogP contribution >= 0.6 is 0 Å². The zero-order valence-electron chi connectivity index (χ0n) is 11.2. The van der Waals surface area contributed by atoms with Gasteiger partial charge in [-0.25, -0.2) is 0 Å². The Kier molecular flexibility index (Phi) is 3.32. The number of nitrogens with one attached hydrogen (secondary N) is 1. The number of hydrogen-bond acceptors (Lipinski definition) is 3. The van der Waals surface area contributed by atoms with Crippen LogP contribution in [0.3, 0.4) is 0 Å². The molecule has 0 aliphatic rings. The number of aromatic amines is 1. The highest BCUT2D eigenvalue weighted by Crippen LogP contribution is 2.29. The quantitative estimate of drug-likeness (QED) is 0.760. The standard InChI is InChI=1S/C17H13N3O/c18-10-15-16(19)11-20-17(15)12-6-8-14(9-7-12)21-13-4-2-1-3-5-13/h1-9,11,20H,19H2. The average Bonchev–Trinajstić information content (AvgIpc) is 2.90. The summed E-state index contributed by atoms with van der Waals surface area (Å²) >= 11 is 0. The van der Waals surface area contributed by atoms with Crippen molar-refractivity contribution in [2.75, 3.05) is 5.73 Å². The lowest BCUT2D eigenvalue weighted by Gasteiger charge is -2.06. The van der Waals surface area contributed by atoms with E-state index in [0.29, 0.717) is 11.3 Å². The van der Waals surface area contributed by atoms with Crippen molar-refractivity contribution >= 4 is 5.69 Å². The van der Waals surface area contributed by atoms with Crippen LogP contribution in [0, 0.1) is 11.3 Å². The molecule has 0 unspecified atom stereocenters. The van der Waals surface area contributed by atoms with Gasteiger partial charge in [-0.15, -0.1) is 0 Å². The number of hydrogen-bond donors (Lipinski definition) is 2.